The zero-order valence-electron chi connectivity index (χ0n) is 15.7. The molecule has 0 aliphatic carbocycles. The second-order valence-corrected chi connectivity index (χ2v) is 7.53. The molecule has 0 saturated heterocycles. The molecule has 0 aliphatic heterocycles. The summed E-state index contributed by atoms with van der Waals surface area (Å²) in [5.74, 6) is 0. The van der Waals surface area contributed by atoms with Gasteiger partial charge < -0.3 is 9.84 Å². The summed E-state index contributed by atoms with van der Waals surface area (Å²) in [6, 6.07) is 20.9. The highest BCUT2D eigenvalue weighted by molar-refractivity contribution is 5.16. The minimum Gasteiger partial charge on any atom is -0.389 e. The van der Waals surface area contributed by atoms with Crippen molar-refractivity contribution < 1.29 is 9.84 Å². The maximum Gasteiger partial charge on any atom is 0.0900 e. The van der Waals surface area contributed by atoms with Crippen molar-refractivity contribution in [2.75, 3.05) is 19.7 Å². The maximum atomic E-state index is 10.4. The minimum absolute atomic E-state index is 0.227. The lowest BCUT2D eigenvalue weighted by Gasteiger charge is -2.27. The van der Waals surface area contributed by atoms with E-state index in [-0.39, 0.29) is 5.60 Å². The van der Waals surface area contributed by atoms with E-state index in [0.29, 0.717) is 13.2 Å². The summed E-state index contributed by atoms with van der Waals surface area (Å²) in [5, 5.41) is 10.4. The van der Waals surface area contributed by atoms with Gasteiger partial charge in [0.1, 0.15) is 0 Å². The van der Waals surface area contributed by atoms with E-state index in [1.165, 1.54) is 11.1 Å². The minimum atomic E-state index is -0.487. The van der Waals surface area contributed by atoms with E-state index in [1.54, 1.807) is 0 Å². The second kappa shape index (κ2) is 9.71. The Labute approximate surface area is 152 Å². The molecule has 2 aromatic rings. The molecule has 1 N–H and O–H groups in total. The van der Waals surface area contributed by atoms with Crippen molar-refractivity contribution >= 4 is 0 Å². The summed E-state index contributed by atoms with van der Waals surface area (Å²) < 4.78 is 5.73. The first-order chi connectivity index (χ1) is 11.9. The molecule has 0 saturated carbocycles. The summed E-state index contributed by atoms with van der Waals surface area (Å²) in [4.78, 5) is 2.30. The molecule has 2 aromatic carbocycles. The van der Waals surface area contributed by atoms with Gasteiger partial charge in [0.2, 0.25) is 0 Å². The van der Waals surface area contributed by atoms with Gasteiger partial charge in [-0.15, -0.1) is 0 Å². The van der Waals surface area contributed by atoms with Crippen LogP contribution in [0.2, 0.25) is 0 Å². The van der Waals surface area contributed by atoms with Crippen molar-refractivity contribution in [2.24, 2.45) is 0 Å². The Kier molecular flexibility index (Phi) is 7.63. The molecule has 0 amide bonds. The van der Waals surface area contributed by atoms with Crippen LogP contribution in [0.15, 0.2) is 60.7 Å². The summed E-state index contributed by atoms with van der Waals surface area (Å²) in [6.45, 7) is 8.74. The van der Waals surface area contributed by atoms with Gasteiger partial charge in [-0.1, -0.05) is 60.7 Å². The zero-order chi connectivity index (χ0) is 18.1. The number of ether oxygens (including phenoxy) is 1. The molecule has 0 spiro atoms. The maximum absolute atomic E-state index is 10.4. The van der Waals surface area contributed by atoms with Crippen molar-refractivity contribution in [2.45, 2.75) is 45.4 Å². The molecule has 0 fully saturated rings. The van der Waals surface area contributed by atoms with Crippen LogP contribution in [0, 0.1) is 0 Å². The largest absolute Gasteiger partial charge is 0.389 e. The Hall–Kier alpha value is -1.68. The van der Waals surface area contributed by atoms with E-state index in [9.17, 15) is 5.11 Å². The average Bonchev–Trinajstić information content (AvgIpc) is 2.59. The van der Waals surface area contributed by atoms with E-state index in [4.69, 9.17) is 4.74 Å². The fourth-order valence-corrected chi connectivity index (χ4v) is 2.71. The molecule has 25 heavy (non-hydrogen) atoms. The fraction of sp³-hybridized carbons (Fsp3) is 0.455. The second-order valence-electron chi connectivity index (χ2n) is 7.53. The third kappa shape index (κ3) is 8.30. The molecule has 0 heterocycles. The third-order valence-corrected chi connectivity index (χ3v) is 3.99. The van der Waals surface area contributed by atoms with Crippen molar-refractivity contribution in [3.05, 3.63) is 71.8 Å². The van der Waals surface area contributed by atoms with Crippen LogP contribution in [0.5, 0.6) is 0 Å². The molecular formula is C22H31NO2. The number of aliphatic hydroxyl groups is 1. The van der Waals surface area contributed by atoms with Gasteiger partial charge in [-0.3, -0.25) is 4.90 Å². The average molecular weight is 341 g/mol. The number of nitrogens with zero attached hydrogens (tertiary/aromatic N) is 1. The predicted octanol–water partition coefficient (Wildman–Crippen LogP) is 3.91. The lowest BCUT2D eigenvalue weighted by molar-refractivity contribution is -0.0566. The van der Waals surface area contributed by atoms with Gasteiger partial charge in [-0.05, 0) is 38.3 Å². The molecule has 0 aliphatic rings. The van der Waals surface area contributed by atoms with Gasteiger partial charge in [-0.2, -0.15) is 0 Å². The van der Waals surface area contributed by atoms with Gasteiger partial charge in [-0.25, -0.2) is 0 Å². The smallest absolute Gasteiger partial charge is 0.0900 e. The van der Waals surface area contributed by atoms with Crippen molar-refractivity contribution in [1.29, 1.82) is 0 Å². The van der Waals surface area contributed by atoms with E-state index in [1.807, 2.05) is 32.9 Å². The molecule has 0 aromatic heterocycles. The Morgan fingerprint density at radius 3 is 2.04 bits per heavy atom. The topological polar surface area (TPSA) is 32.7 Å². The molecule has 0 radical (unpaired) electrons. The Balaban J connectivity index is 1.93. The SMILES string of the molecule is CC(C)(C)OCC(O)CN(CCc1ccccc1)Cc1ccccc1. The lowest BCUT2D eigenvalue weighted by atomic mass is 10.1. The van der Waals surface area contributed by atoms with Crippen LogP contribution in [0.4, 0.5) is 0 Å². The van der Waals surface area contributed by atoms with Gasteiger partial charge in [0, 0.05) is 19.6 Å². The quantitative estimate of drug-likeness (QED) is 0.751. The standard InChI is InChI=1S/C22H31NO2/c1-22(2,3)25-18-21(24)17-23(16-20-12-8-5-9-13-20)15-14-19-10-6-4-7-11-19/h4-13,21,24H,14-18H2,1-3H3. The van der Waals surface area contributed by atoms with Crippen molar-refractivity contribution in [1.82, 2.24) is 4.90 Å². The predicted molar refractivity (Wildman–Crippen MR) is 104 cm³/mol. The fourth-order valence-electron chi connectivity index (χ4n) is 2.71. The summed E-state index contributed by atoms with van der Waals surface area (Å²) in [5.41, 5.74) is 2.36. The molecule has 1 unspecified atom stereocenters. The Morgan fingerprint density at radius 1 is 0.920 bits per heavy atom. The number of rotatable bonds is 9. The van der Waals surface area contributed by atoms with E-state index >= 15 is 0 Å². The summed E-state index contributed by atoms with van der Waals surface area (Å²) in [7, 11) is 0. The Morgan fingerprint density at radius 2 is 1.48 bits per heavy atom. The molecule has 136 valence electrons. The zero-order valence-corrected chi connectivity index (χ0v) is 15.7. The molecule has 0 bridgehead atoms. The van der Waals surface area contributed by atoms with Gasteiger partial charge in [0.05, 0.1) is 18.3 Å². The lowest BCUT2D eigenvalue weighted by Crippen LogP contribution is -2.37. The summed E-state index contributed by atoms with van der Waals surface area (Å²) >= 11 is 0. The molecule has 3 nitrogen and oxygen atoms in total. The van der Waals surface area contributed by atoms with Crippen LogP contribution in [0.3, 0.4) is 0 Å². The highest BCUT2D eigenvalue weighted by Gasteiger charge is 2.17. The van der Waals surface area contributed by atoms with Crippen molar-refractivity contribution in [3.63, 3.8) is 0 Å². The van der Waals surface area contributed by atoms with E-state index < -0.39 is 6.10 Å². The van der Waals surface area contributed by atoms with Crippen molar-refractivity contribution in [3.8, 4) is 0 Å². The third-order valence-electron chi connectivity index (χ3n) is 3.99. The molecular weight excluding hydrogens is 310 g/mol. The highest BCUT2D eigenvalue weighted by Crippen LogP contribution is 2.11. The molecule has 3 heteroatoms. The van der Waals surface area contributed by atoms with Crippen LogP contribution in [-0.2, 0) is 17.7 Å². The summed E-state index contributed by atoms with van der Waals surface area (Å²) in [6.07, 6.45) is 0.485. The van der Waals surface area contributed by atoms with Crippen LogP contribution < -0.4 is 0 Å². The Bertz CT molecular complexity index is 592. The van der Waals surface area contributed by atoms with E-state index in [0.717, 1.165) is 19.5 Å². The van der Waals surface area contributed by atoms with Crippen LogP contribution in [-0.4, -0.2) is 41.4 Å². The molecule has 2 rings (SSSR count). The van der Waals surface area contributed by atoms with Gasteiger partial charge in [0.15, 0.2) is 0 Å². The van der Waals surface area contributed by atoms with Gasteiger partial charge in [0.25, 0.3) is 0 Å². The van der Waals surface area contributed by atoms with E-state index in [2.05, 4.69) is 53.4 Å². The van der Waals surface area contributed by atoms with Gasteiger partial charge >= 0.3 is 0 Å². The number of benzene rings is 2. The first-order valence-corrected chi connectivity index (χ1v) is 9.04. The first-order valence-electron chi connectivity index (χ1n) is 9.04. The van der Waals surface area contributed by atoms with Crippen LogP contribution in [0.25, 0.3) is 0 Å². The number of hydrogen-bond acceptors (Lipinski definition) is 3. The number of hydrogen-bond donors (Lipinski definition) is 1. The normalized spacial score (nSPS) is 13.2. The monoisotopic (exact) mass is 341 g/mol. The number of aliphatic hydroxyl groups excluding tert-OH is 1. The van der Waals surface area contributed by atoms with Crippen LogP contribution >= 0.6 is 0 Å². The molecule has 1 atom stereocenters. The first kappa shape index (κ1) is 19.6. The highest BCUT2D eigenvalue weighted by atomic mass is 16.5. The van der Waals surface area contributed by atoms with Crippen LogP contribution in [0.1, 0.15) is 31.9 Å².